The molecule has 5 heteroatoms. The number of carbonyl (C=O) groups is 2. The molecule has 0 aromatic rings. The van der Waals surface area contributed by atoms with Gasteiger partial charge in [-0.25, -0.2) is 0 Å². The zero-order valence-corrected chi connectivity index (χ0v) is 6.50. The smallest absolute Gasteiger partial charge is 0.199 e. The van der Waals surface area contributed by atoms with E-state index < -0.39 is 9.58 Å². The summed E-state index contributed by atoms with van der Waals surface area (Å²) in [4.78, 5) is 19.9. The molecule has 0 rings (SSSR count). The van der Waals surface area contributed by atoms with Gasteiger partial charge in [0.25, 0.3) is 0 Å². The predicted octanol–water partition coefficient (Wildman–Crippen LogP) is 1.51. The molecule has 0 radical (unpaired) electrons. The highest BCUT2D eigenvalue weighted by Gasteiger charge is 2.23. The van der Waals surface area contributed by atoms with E-state index in [0.717, 1.165) is 0 Å². The summed E-state index contributed by atoms with van der Waals surface area (Å²) >= 11 is 15.5. The monoisotopic (exact) mass is 188 g/mol. The third-order valence-corrected chi connectivity index (χ3v) is 0.907. The number of hydrogen-bond donors (Lipinski definition) is 0. The maximum absolute atomic E-state index is 10.2. The van der Waals surface area contributed by atoms with Crippen LogP contribution in [0.1, 0.15) is 6.42 Å². The second-order valence-corrected chi connectivity index (χ2v) is 3.89. The Bertz CT molecular complexity index is 126. The molecule has 52 valence electrons. The Balaban J connectivity index is 3.74. The van der Waals surface area contributed by atoms with Crippen LogP contribution in [0.3, 0.4) is 0 Å². The molecule has 9 heavy (non-hydrogen) atoms. The molecule has 0 unspecified atom stereocenters. The quantitative estimate of drug-likeness (QED) is 0.375. The summed E-state index contributed by atoms with van der Waals surface area (Å²) in [5.74, 6) is -0.713. The molecule has 0 atom stereocenters. The number of carbonyl (C=O) groups excluding carboxylic acids is 2. The summed E-state index contributed by atoms with van der Waals surface area (Å²) in [5.41, 5.74) is 0. The van der Waals surface area contributed by atoms with Gasteiger partial charge in [0.1, 0.15) is 0 Å². The molecule has 2 nitrogen and oxygen atoms in total. The van der Waals surface area contributed by atoms with Crippen molar-refractivity contribution in [3.8, 4) is 0 Å². The Morgan fingerprint density at radius 3 is 2.00 bits per heavy atom. The van der Waals surface area contributed by atoms with Gasteiger partial charge >= 0.3 is 0 Å². The van der Waals surface area contributed by atoms with E-state index in [1.807, 2.05) is 0 Å². The molecule has 0 aliphatic carbocycles. The van der Waals surface area contributed by atoms with Crippen molar-refractivity contribution >= 4 is 46.9 Å². The number of hydrogen-bond acceptors (Lipinski definition) is 2. The van der Waals surface area contributed by atoms with Crippen LogP contribution in [-0.2, 0) is 9.59 Å². The average Bonchev–Trinajstić information content (AvgIpc) is 1.62. The predicted molar refractivity (Wildman–Crippen MR) is 36.0 cm³/mol. The highest BCUT2D eigenvalue weighted by Crippen LogP contribution is 2.29. The summed E-state index contributed by atoms with van der Waals surface area (Å²) in [7, 11) is 0. The number of alkyl halides is 3. The lowest BCUT2D eigenvalue weighted by atomic mass is 10.3. The number of aldehydes is 1. The van der Waals surface area contributed by atoms with Gasteiger partial charge in [-0.1, -0.05) is 34.8 Å². The van der Waals surface area contributed by atoms with Crippen LogP contribution in [-0.4, -0.2) is 15.9 Å². The third kappa shape index (κ3) is 6.09. The van der Waals surface area contributed by atoms with Crippen LogP contribution >= 0.6 is 34.8 Å². The second-order valence-electron chi connectivity index (χ2n) is 1.38. The van der Waals surface area contributed by atoms with E-state index in [9.17, 15) is 9.59 Å². The van der Waals surface area contributed by atoms with E-state index in [1.165, 1.54) is 0 Å². The van der Waals surface area contributed by atoms with Gasteiger partial charge in [-0.15, -0.1) is 0 Å². The minimum atomic E-state index is -1.64. The fraction of sp³-hybridized carbons (Fsp3) is 0.500. The average molecular weight is 189 g/mol. The molecule has 0 bridgehead atoms. The Hall–Kier alpha value is 0.210. The maximum atomic E-state index is 10.2. The fourth-order valence-electron chi connectivity index (χ4n) is 0.239. The lowest BCUT2D eigenvalue weighted by Crippen LogP contribution is -2.11. The van der Waals surface area contributed by atoms with E-state index in [1.54, 1.807) is 0 Å². The number of Topliss-reactive ketones (excluding diaryl/α,β-unsaturated/α-hetero) is 1. The topological polar surface area (TPSA) is 34.1 Å². The molecule has 0 fully saturated rings. The normalized spacial score (nSPS) is 11.0. The van der Waals surface area contributed by atoms with Gasteiger partial charge < -0.3 is 0 Å². The third-order valence-electron chi connectivity index (χ3n) is 0.506. The number of ketones is 1. The van der Waals surface area contributed by atoms with Crippen molar-refractivity contribution in [2.45, 2.75) is 10.2 Å². The fourth-order valence-corrected chi connectivity index (χ4v) is 0.634. The number of halogens is 3. The minimum absolute atomic E-state index is 0.127. The van der Waals surface area contributed by atoms with E-state index >= 15 is 0 Å². The first kappa shape index (κ1) is 9.21. The van der Waals surface area contributed by atoms with E-state index in [-0.39, 0.29) is 12.7 Å². The highest BCUT2D eigenvalue weighted by molar-refractivity contribution is 6.68. The Morgan fingerprint density at radius 2 is 1.89 bits per heavy atom. The van der Waals surface area contributed by atoms with Gasteiger partial charge in [0.05, 0.1) is 6.42 Å². The van der Waals surface area contributed by atoms with Crippen LogP contribution in [0.2, 0.25) is 0 Å². The van der Waals surface area contributed by atoms with Gasteiger partial charge in [-0.05, 0) is 0 Å². The highest BCUT2D eigenvalue weighted by atomic mass is 35.6. The molecular weight excluding hydrogens is 186 g/mol. The van der Waals surface area contributed by atoms with Crippen LogP contribution in [0, 0.1) is 0 Å². The van der Waals surface area contributed by atoms with Crippen molar-refractivity contribution in [3.63, 3.8) is 0 Å². The molecule has 0 saturated heterocycles. The van der Waals surface area contributed by atoms with Crippen molar-refractivity contribution in [1.82, 2.24) is 0 Å². The number of rotatable bonds is 2. The Kier molecular flexibility index (Phi) is 3.48. The van der Waals surface area contributed by atoms with E-state index in [2.05, 4.69) is 0 Å². The van der Waals surface area contributed by atoms with Crippen LogP contribution in [0.5, 0.6) is 0 Å². The van der Waals surface area contributed by atoms with Crippen LogP contribution in [0.25, 0.3) is 0 Å². The molecule has 0 aromatic carbocycles. The van der Waals surface area contributed by atoms with Crippen molar-refractivity contribution in [1.29, 1.82) is 0 Å². The van der Waals surface area contributed by atoms with Gasteiger partial charge in [0.2, 0.25) is 0 Å². The van der Waals surface area contributed by atoms with Gasteiger partial charge in [0, 0.05) is 0 Å². The van der Waals surface area contributed by atoms with Crippen LogP contribution in [0.4, 0.5) is 0 Å². The molecule has 0 aromatic heterocycles. The molecule has 0 saturated carbocycles. The standard InChI is InChI=1S/C4H3Cl3O2/c5-4(6,7)1-3(9)2-8/h2H,1H2. The largest absolute Gasteiger partial charge is 0.295 e. The molecule has 0 spiro atoms. The lowest BCUT2D eigenvalue weighted by Gasteiger charge is -2.04. The first-order valence-corrected chi connectivity index (χ1v) is 3.14. The minimum Gasteiger partial charge on any atom is -0.295 e. The van der Waals surface area contributed by atoms with Crippen molar-refractivity contribution < 1.29 is 9.59 Å². The van der Waals surface area contributed by atoms with Crippen molar-refractivity contribution in [2.24, 2.45) is 0 Å². The molecule has 0 heterocycles. The second kappa shape index (κ2) is 3.40. The van der Waals surface area contributed by atoms with Crippen molar-refractivity contribution in [3.05, 3.63) is 0 Å². The molecule has 0 N–H and O–H groups in total. The van der Waals surface area contributed by atoms with Crippen molar-refractivity contribution in [2.75, 3.05) is 0 Å². The zero-order valence-electron chi connectivity index (χ0n) is 4.23. The Morgan fingerprint density at radius 1 is 1.44 bits per heavy atom. The molecule has 0 aliphatic rings. The summed E-state index contributed by atoms with van der Waals surface area (Å²) in [6.07, 6.45) is -0.233. The van der Waals surface area contributed by atoms with Crippen LogP contribution < -0.4 is 0 Å². The zero-order chi connectivity index (χ0) is 7.49. The van der Waals surface area contributed by atoms with Gasteiger partial charge in [0.15, 0.2) is 15.9 Å². The molecular formula is C4H3Cl3O2. The summed E-state index contributed by atoms with van der Waals surface area (Å²) in [6, 6.07) is 0. The summed E-state index contributed by atoms with van der Waals surface area (Å²) in [6.45, 7) is 0. The lowest BCUT2D eigenvalue weighted by molar-refractivity contribution is -0.129. The summed E-state index contributed by atoms with van der Waals surface area (Å²) < 4.78 is -1.64. The van der Waals surface area contributed by atoms with Gasteiger partial charge in [-0.3, -0.25) is 9.59 Å². The maximum Gasteiger partial charge on any atom is 0.199 e. The summed E-state index contributed by atoms with van der Waals surface area (Å²) in [5, 5.41) is 0. The van der Waals surface area contributed by atoms with E-state index in [4.69, 9.17) is 34.8 Å². The molecule has 0 aliphatic heterocycles. The SMILES string of the molecule is O=CC(=O)CC(Cl)(Cl)Cl. The molecule has 0 amide bonds. The van der Waals surface area contributed by atoms with E-state index in [0.29, 0.717) is 0 Å². The first-order valence-electron chi connectivity index (χ1n) is 2.00. The first-order chi connectivity index (χ1) is 3.95. The van der Waals surface area contributed by atoms with Gasteiger partial charge in [-0.2, -0.15) is 0 Å². The van der Waals surface area contributed by atoms with Crippen LogP contribution in [0.15, 0.2) is 0 Å². The Labute approximate surface area is 67.1 Å².